The second-order valence-electron chi connectivity index (χ2n) is 17.5. The lowest BCUT2D eigenvalue weighted by Gasteiger charge is -2.15. The number of rotatable bonds is 50. The molecule has 0 aromatic rings. The van der Waals surface area contributed by atoms with Gasteiger partial charge in [-0.25, -0.2) is 19.2 Å². The highest BCUT2D eigenvalue weighted by Crippen LogP contribution is 1.99. The van der Waals surface area contributed by atoms with Crippen LogP contribution >= 0.6 is 0 Å². The summed E-state index contributed by atoms with van der Waals surface area (Å²) in [4.78, 5) is 89.4. The smallest absolute Gasteiger partial charge is 0.338 e. The summed E-state index contributed by atoms with van der Waals surface area (Å²) >= 11 is 0. The number of hydrogen-bond acceptors (Lipinski definition) is 34. The highest BCUT2D eigenvalue weighted by Gasteiger charge is 2.33. The minimum atomic E-state index is -1.89. The van der Waals surface area contributed by atoms with E-state index in [4.69, 9.17) is 22.9 Å². The molecule has 30 N–H and O–H groups in total. The molecule has 0 aromatic heterocycles. The normalized spacial score (nSPS) is 13.5. The van der Waals surface area contributed by atoms with Gasteiger partial charge in [-0.05, 0) is 0 Å². The summed E-state index contributed by atoms with van der Waals surface area (Å²) < 4.78 is 16.9. The maximum absolute atomic E-state index is 11.5. The van der Waals surface area contributed by atoms with E-state index in [0.29, 0.717) is 65.4 Å². The number of aliphatic hydroxyl groups excluding tert-OH is 8. The molecule has 4 amide bonds. The van der Waals surface area contributed by atoms with E-state index in [0.717, 1.165) is 120 Å². The zero-order valence-electron chi connectivity index (χ0n) is 50.2. The molecule has 0 aliphatic carbocycles. The summed E-state index contributed by atoms with van der Waals surface area (Å²) in [5, 5.41) is 116. The molecule has 0 aliphatic rings. The number of amides is 4. The molecule has 0 unspecified atom stereocenters. The molecular formula is C48H106N18O20. The molecule has 0 aromatic carbocycles. The highest BCUT2D eigenvalue weighted by molar-refractivity contribution is 5.90. The zero-order chi connectivity index (χ0) is 65.8. The van der Waals surface area contributed by atoms with Crippen LogP contribution in [0.5, 0.6) is 0 Å². The summed E-state index contributed by atoms with van der Waals surface area (Å²) in [5.74, 6) is -7.55. The molecule has 0 bridgehead atoms. The third kappa shape index (κ3) is 51.0. The molecule has 0 aliphatic heterocycles. The Balaban J connectivity index is -0.000000527. The van der Waals surface area contributed by atoms with E-state index < -0.39 is 96.3 Å². The van der Waals surface area contributed by atoms with Crippen LogP contribution in [0.4, 0.5) is 0 Å². The van der Waals surface area contributed by atoms with Crippen molar-refractivity contribution in [3.8, 4) is 0 Å². The average Bonchev–Trinajstić information content (AvgIpc) is 3.74. The van der Waals surface area contributed by atoms with Crippen LogP contribution in [0.2, 0.25) is 0 Å². The van der Waals surface area contributed by atoms with E-state index in [9.17, 15) is 79.2 Å². The Morgan fingerprint density at radius 1 is 0.244 bits per heavy atom. The number of ether oxygens (including phenoxy) is 4. The van der Waals surface area contributed by atoms with E-state index in [1.165, 1.54) is 0 Å². The minimum Gasteiger partial charge on any atom is -0.467 e. The van der Waals surface area contributed by atoms with Crippen molar-refractivity contribution in [3.05, 3.63) is 0 Å². The number of aliphatic hydroxyl groups is 8. The maximum Gasteiger partial charge on any atom is 0.338 e. The van der Waals surface area contributed by atoms with Gasteiger partial charge < -0.3 is 157 Å². The molecule has 0 spiro atoms. The third-order valence-corrected chi connectivity index (χ3v) is 10.6. The number of esters is 4. The van der Waals surface area contributed by atoms with Gasteiger partial charge in [0.15, 0.2) is 48.8 Å². The van der Waals surface area contributed by atoms with Gasteiger partial charge >= 0.3 is 23.9 Å². The van der Waals surface area contributed by atoms with E-state index in [2.05, 4.69) is 93.4 Å². The fourth-order valence-corrected chi connectivity index (χ4v) is 5.81. The van der Waals surface area contributed by atoms with E-state index >= 15 is 0 Å². The van der Waals surface area contributed by atoms with Crippen LogP contribution in [-0.2, 0) is 57.3 Å². The molecule has 0 saturated heterocycles. The molecule has 38 nitrogen and oxygen atoms in total. The second-order valence-corrected chi connectivity index (χ2v) is 17.5. The zero-order valence-corrected chi connectivity index (χ0v) is 50.2. The molecule has 38 heteroatoms. The molecule has 0 heterocycles. The van der Waals surface area contributed by atoms with Crippen LogP contribution in [0.25, 0.3) is 0 Å². The van der Waals surface area contributed by atoms with Gasteiger partial charge in [-0.2, -0.15) is 0 Å². The molecule has 0 rings (SSSR count). The third-order valence-electron chi connectivity index (χ3n) is 10.6. The van der Waals surface area contributed by atoms with Crippen molar-refractivity contribution in [2.75, 3.05) is 212 Å². The predicted octanol–water partition coefficient (Wildman–Crippen LogP) is -16.3. The fraction of sp³-hybridized carbons (Fsp3) is 0.833. The molecule has 508 valence electrons. The summed E-state index contributed by atoms with van der Waals surface area (Å²) in [6.45, 7) is 18.1. The Labute approximate surface area is 502 Å². The monoisotopic (exact) mass is 1250 g/mol. The second kappa shape index (κ2) is 62.9. The Kier molecular flexibility index (Phi) is 63.9. The number of carbonyl (C=O) groups is 8. The Bertz CT molecular complexity index is 1720. The van der Waals surface area contributed by atoms with Gasteiger partial charge in [-0.3, -0.25) is 19.2 Å². The first-order chi connectivity index (χ1) is 41.2. The molecule has 0 fully saturated rings. The molecule has 0 saturated carbocycles. The Morgan fingerprint density at radius 3 is 0.500 bits per heavy atom. The van der Waals surface area contributed by atoms with Crippen molar-refractivity contribution in [3.63, 3.8) is 0 Å². The largest absolute Gasteiger partial charge is 0.467 e. The van der Waals surface area contributed by atoms with E-state index in [-0.39, 0.29) is 26.2 Å². The lowest BCUT2D eigenvalue weighted by atomic mass is 10.2. The van der Waals surface area contributed by atoms with E-state index in [1.807, 2.05) is 0 Å². The van der Waals surface area contributed by atoms with Crippen molar-refractivity contribution < 1.29 is 98.2 Å². The first-order valence-electron chi connectivity index (χ1n) is 27.9. The number of nitrogens with one attached hydrogen (secondary N) is 14. The predicted molar refractivity (Wildman–Crippen MR) is 313 cm³/mol. The average molecular weight is 1260 g/mol. The Morgan fingerprint density at radius 2 is 0.372 bits per heavy atom. The van der Waals surface area contributed by atoms with Crippen LogP contribution in [-0.4, -0.2) is 349 Å². The van der Waals surface area contributed by atoms with Crippen molar-refractivity contribution in [2.24, 2.45) is 22.9 Å². The van der Waals surface area contributed by atoms with Crippen LogP contribution < -0.4 is 97.4 Å². The molecular weight excluding hydrogens is 1150 g/mol. The number of nitrogens with two attached hydrogens (primary N) is 4. The van der Waals surface area contributed by atoms with Gasteiger partial charge in [0, 0.05) is 183 Å². The first kappa shape index (κ1) is 87.3. The topological polar surface area (TPSA) is 608 Å². The lowest BCUT2D eigenvalue weighted by molar-refractivity contribution is -0.161. The summed E-state index contributed by atoms with van der Waals surface area (Å²) in [6, 6.07) is 0. The summed E-state index contributed by atoms with van der Waals surface area (Å²) in [7, 11) is 4.22. The van der Waals surface area contributed by atoms with Crippen molar-refractivity contribution in [2.45, 2.75) is 48.8 Å². The van der Waals surface area contributed by atoms with Crippen molar-refractivity contribution >= 4 is 47.5 Å². The van der Waals surface area contributed by atoms with Crippen LogP contribution in [0, 0.1) is 0 Å². The van der Waals surface area contributed by atoms with Gasteiger partial charge in [0.1, 0.15) is 0 Å². The van der Waals surface area contributed by atoms with Crippen LogP contribution in [0.15, 0.2) is 0 Å². The summed E-state index contributed by atoms with van der Waals surface area (Å²) in [6.07, 6.45) is -14.9. The highest BCUT2D eigenvalue weighted by atomic mass is 16.6. The van der Waals surface area contributed by atoms with Crippen LogP contribution in [0.1, 0.15) is 0 Å². The van der Waals surface area contributed by atoms with Gasteiger partial charge in [0.2, 0.25) is 0 Å². The Hall–Kier alpha value is -5.12. The van der Waals surface area contributed by atoms with Gasteiger partial charge in [0.25, 0.3) is 23.6 Å². The van der Waals surface area contributed by atoms with Crippen molar-refractivity contribution in [1.82, 2.24) is 74.4 Å². The number of carbonyl (C=O) groups excluding carboxylic acids is 8. The number of hydrogen-bond donors (Lipinski definition) is 26. The molecule has 86 heavy (non-hydrogen) atoms. The molecule has 0 radical (unpaired) electrons. The minimum absolute atomic E-state index is 0.254. The summed E-state index contributed by atoms with van der Waals surface area (Å²) in [5.41, 5.74) is 21.2. The van der Waals surface area contributed by atoms with Crippen LogP contribution in [0.3, 0.4) is 0 Å². The fourth-order valence-electron chi connectivity index (χ4n) is 5.81. The van der Waals surface area contributed by atoms with Gasteiger partial charge in [-0.1, -0.05) is 0 Å². The molecule has 8 atom stereocenters. The van der Waals surface area contributed by atoms with E-state index in [1.54, 1.807) is 0 Å². The quantitative estimate of drug-likeness (QED) is 0.0153. The number of methoxy groups -OCH3 is 4. The van der Waals surface area contributed by atoms with Gasteiger partial charge in [-0.15, -0.1) is 0 Å². The lowest BCUT2D eigenvalue weighted by Crippen LogP contribution is -2.47. The maximum atomic E-state index is 11.5. The first-order valence-corrected chi connectivity index (χ1v) is 27.9. The standard InChI is InChI=1S/C15H34N6O5.C13H29N5O5.C11H24N4O5.C9H19N3O5/c1-26-15(25)13(23)12(22)14(24)21-11-10-20-9-8-19-7-6-18-5-4-17-3-2-16;1-23-13(22)11(20)10(19)12(21)18-9-8-17-7-6-16-5-4-15-3-2-14;1-20-11(19)9(17)8(16)10(18)15-7-6-14-5-4-13-3-2-12;1-17-9(16)7(14)6(13)8(15)12-5-4-11-3-2-10/h12-13,17-20,22-23H,2-11,16H2,1H3,(H,21,24);10-11,15-17,19-20H,2-9,14H2,1H3,(H,18,21);8-9,13-14,16-17H,2-7,12H2,1H3,(H,15,18);6-7,11,13-14H,2-5,10H2,1H3,(H,12,15)/t12-,13-;10-,11-;8-,9-;6-,7-/m1111/s1. The van der Waals surface area contributed by atoms with Gasteiger partial charge in [0.05, 0.1) is 28.4 Å². The van der Waals surface area contributed by atoms with Crippen molar-refractivity contribution in [1.29, 1.82) is 0 Å². The SMILES string of the molecule is COC(=O)[C@H](O)[C@@H](O)C(=O)NCCNCCN.COC(=O)[C@H](O)[C@@H](O)C(=O)NCCNCCNCCN.COC(=O)[C@H](O)[C@@H](O)C(=O)NCCNCCNCCNCCN.COC(=O)[C@H](O)[C@@H](O)C(=O)NCCNCCNCCNCCNCCN.